The van der Waals surface area contributed by atoms with Crippen LogP contribution >= 0.6 is 0 Å². The van der Waals surface area contributed by atoms with Gasteiger partial charge in [-0.3, -0.25) is 0 Å². The molecule has 0 saturated carbocycles. The van der Waals surface area contributed by atoms with Crippen molar-refractivity contribution in [2.75, 3.05) is 0 Å². The first-order valence-electron chi connectivity index (χ1n) is 6.45. The van der Waals surface area contributed by atoms with Crippen LogP contribution in [0, 0.1) is 0 Å². The molecule has 0 N–H and O–H groups in total. The van der Waals surface area contributed by atoms with E-state index in [-0.39, 0.29) is 6.23 Å². The first-order chi connectivity index (χ1) is 9.83. The topological polar surface area (TPSA) is 53.5 Å². The van der Waals surface area contributed by atoms with Crippen LogP contribution < -0.4 is 5.32 Å². The summed E-state index contributed by atoms with van der Waals surface area (Å²) in [5, 5.41) is 8.26. The molecule has 1 aliphatic rings. The maximum atomic E-state index is 5.81. The molecule has 101 valence electrons. The van der Waals surface area contributed by atoms with Gasteiger partial charge in [0, 0.05) is 11.8 Å². The molecular formula is C15H15N4O. The quantitative estimate of drug-likeness (QED) is 0.836. The van der Waals surface area contributed by atoms with Gasteiger partial charge in [-0.1, -0.05) is 30.3 Å². The standard InChI is InChI=1S/C15H15N4O/c1-12(20-10-13-5-3-2-4-6-13)19-9-14(7-18-19)15-8-16-11-17-15/h2-9,11-12H,10H2,1H3. The third-order valence-corrected chi connectivity index (χ3v) is 3.06. The molecule has 5 heteroatoms. The Kier molecular flexibility index (Phi) is 3.60. The van der Waals surface area contributed by atoms with E-state index in [0.717, 1.165) is 16.8 Å². The zero-order valence-corrected chi connectivity index (χ0v) is 11.2. The minimum atomic E-state index is -0.133. The molecule has 0 aliphatic carbocycles. The second kappa shape index (κ2) is 5.71. The van der Waals surface area contributed by atoms with Gasteiger partial charge in [0.15, 0.2) is 0 Å². The summed E-state index contributed by atoms with van der Waals surface area (Å²) in [5.74, 6) is 0. The Hall–Kier alpha value is -2.40. The summed E-state index contributed by atoms with van der Waals surface area (Å²) < 4.78 is 7.59. The van der Waals surface area contributed by atoms with Gasteiger partial charge < -0.3 is 4.74 Å². The van der Waals surface area contributed by atoms with Gasteiger partial charge in [0.25, 0.3) is 0 Å². The number of hydrogen-bond acceptors (Lipinski definition) is 3. The van der Waals surface area contributed by atoms with Crippen LogP contribution in [0.5, 0.6) is 0 Å². The van der Waals surface area contributed by atoms with Gasteiger partial charge >= 0.3 is 0 Å². The molecule has 0 spiro atoms. The van der Waals surface area contributed by atoms with Crippen LogP contribution in [-0.4, -0.2) is 16.1 Å². The highest BCUT2D eigenvalue weighted by Gasteiger charge is 2.11. The van der Waals surface area contributed by atoms with E-state index in [2.05, 4.69) is 15.4 Å². The molecule has 3 rings (SSSR count). The van der Waals surface area contributed by atoms with E-state index in [1.54, 1.807) is 17.1 Å². The van der Waals surface area contributed by atoms with E-state index in [0.29, 0.717) is 6.61 Å². The fourth-order valence-electron chi connectivity index (χ4n) is 1.92. The van der Waals surface area contributed by atoms with Gasteiger partial charge in [0.2, 0.25) is 0 Å². The van der Waals surface area contributed by atoms with E-state index in [9.17, 15) is 0 Å². The molecule has 1 aliphatic heterocycles. The molecule has 20 heavy (non-hydrogen) atoms. The van der Waals surface area contributed by atoms with Gasteiger partial charge in [0.1, 0.15) is 12.6 Å². The van der Waals surface area contributed by atoms with Crippen LogP contribution in [0.25, 0.3) is 5.70 Å². The molecule has 0 fully saturated rings. The minimum Gasteiger partial charge on any atom is -0.352 e. The summed E-state index contributed by atoms with van der Waals surface area (Å²) in [7, 11) is 0. The van der Waals surface area contributed by atoms with E-state index >= 15 is 0 Å². The Bertz CT molecular complexity index is 630. The maximum Gasteiger partial charge on any atom is 0.147 e. The number of aliphatic imine (C=N–C) groups is 1. The summed E-state index contributed by atoms with van der Waals surface area (Å²) in [5.41, 5.74) is 2.91. The van der Waals surface area contributed by atoms with Crippen LogP contribution in [-0.2, 0) is 11.3 Å². The number of nitrogens with zero attached hydrogens (tertiary/aromatic N) is 4. The van der Waals surface area contributed by atoms with Crippen LogP contribution in [0.3, 0.4) is 0 Å². The maximum absolute atomic E-state index is 5.81. The van der Waals surface area contributed by atoms with Crippen LogP contribution in [0.2, 0.25) is 0 Å². The third kappa shape index (κ3) is 2.78. The van der Waals surface area contributed by atoms with E-state index in [1.165, 1.54) is 6.34 Å². The molecule has 0 amide bonds. The van der Waals surface area contributed by atoms with Gasteiger partial charge in [-0.15, -0.1) is 0 Å². The third-order valence-electron chi connectivity index (χ3n) is 3.06. The number of aromatic nitrogens is 2. The monoisotopic (exact) mass is 267 g/mol. The summed E-state index contributed by atoms with van der Waals surface area (Å²) in [4.78, 5) is 4.15. The van der Waals surface area contributed by atoms with Gasteiger partial charge in [-0.05, 0) is 12.5 Å². The normalized spacial score (nSPS) is 14.9. The number of ether oxygens (including phenoxy) is 1. The van der Waals surface area contributed by atoms with Crippen LogP contribution in [0.15, 0.2) is 53.9 Å². The van der Waals surface area contributed by atoms with Crippen LogP contribution in [0.4, 0.5) is 0 Å². The Labute approximate surface area is 117 Å². The second-order valence-electron chi connectivity index (χ2n) is 4.51. The largest absolute Gasteiger partial charge is 0.352 e. The Morgan fingerprint density at radius 1 is 1.25 bits per heavy atom. The molecule has 1 unspecified atom stereocenters. The lowest BCUT2D eigenvalue weighted by Gasteiger charge is -2.13. The van der Waals surface area contributed by atoms with Crippen molar-refractivity contribution in [3.05, 3.63) is 60.1 Å². The lowest BCUT2D eigenvalue weighted by Crippen LogP contribution is -2.09. The van der Waals surface area contributed by atoms with E-state index in [4.69, 9.17) is 4.74 Å². The van der Waals surface area contributed by atoms with Crippen molar-refractivity contribution >= 4 is 12.0 Å². The predicted molar refractivity (Wildman–Crippen MR) is 76.8 cm³/mol. The lowest BCUT2D eigenvalue weighted by atomic mass is 10.2. The van der Waals surface area contributed by atoms with Gasteiger partial charge in [0.05, 0.1) is 24.7 Å². The number of rotatable bonds is 5. The zero-order valence-electron chi connectivity index (χ0n) is 11.2. The lowest BCUT2D eigenvalue weighted by molar-refractivity contribution is -0.00410. The summed E-state index contributed by atoms with van der Waals surface area (Å²) in [6.45, 7) is 2.53. The first kappa shape index (κ1) is 12.6. The smallest absolute Gasteiger partial charge is 0.147 e. The molecule has 1 atom stereocenters. The highest BCUT2D eigenvalue weighted by molar-refractivity contribution is 5.78. The fraction of sp³-hybridized carbons (Fsp3) is 0.200. The first-order valence-corrected chi connectivity index (χ1v) is 6.45. The van der Waals surface area contributed by atoms with Crippen molar-refractivity contribution in [1.82, 2.24) is 15.1 Å². The van der Waals surface area contributed by atoms with Crippen molar-refractivity contribution in [3.63, 3.8) is 0 Å². The summed E-state index contributed by atoms with van der Waals surface area (Å²) >= 11 is 0. The molecule has 0 bridgehead atoms. The van der Waals surface area contributed by atoms with Crippen molar-refractivity contribution in [1.29, 1.82) is 0 Å². The fourth-order valence-corrected chi connectivity index (χ4v) is 1.92. The van der Waals surface area contributed by atoms with Crippen molar-refractivity contribution < 1.29 is 4.74 Å². The highest BCUT2D eigenvalue weighted by atomic mass is 16.5. The number of benzene rings is 1. The van der Waals surface area contributed by atoms with Crippen LogP contribution in [0.1, 0.15) is 24.3 Å². The molecule has 2 heterocycles. The molecule has 1 aromatic heterocycles. The molecular weight excluding hydrogens is 252 g/mol. The average Bonchev–Trinajstić information content (AvgIpc) is 3.16. The van der Waals surface area contributed by atoms with E-state index < -0.39 is 0 Å². The molecule has 1 aromatic carbocycles. The highest BCUT2D eigenvalue weighted by Crippen LogP contribution is 2.19. The molecule has 5 nitrogen and oxygen atoms in total. The zero-order chi connectivity index (χ0) is 13.8. The predicted octanol–water partition coefficient (Wildman–Crippen LogP) is 2.56. The SMILES string of the molecule is CC(OCc1ccccc1)n1cc(C2=C[N]C=N2)cn1. The van der Waals surface area contributed by atoms with Gasteiger partial charge in [-0.2, -0.15) is 5.10 Å². The Morgan fingerprint density at radius 2 is 2.10 bits per heavy atom. The number of hydrogen-bond donors (Lipinski definition) is 0. The van der Waals surface area contributed by atoms with Crippen molar-refractivity contribution in [2.24, 2.45) is 4.99 Å². The van der Waals surface area contributed by atoms with Crippen molar-refractivity contribution in [2.45, 2.75) is 19.8 Å². The van der Waals surface area contributed by atoms with Gasteiger partial charge in [-0.25, -0.2) is 15.0 Å². The molecule has 1 radical (unpaired) electrons. The second-order valence-corrected chi connectivity index (χ2v) is 4.51. The van der Waals surface area contributed by atoms with Crippen molar-refractivity contribution in [3.8, 4) is 0 Å². The summed E-state index contributed by atoms with van der Waals surface area (Å²) in [6.07, 6.45) is 6.80. The average molecular weight is 267 g/mol. The minimum absolute atomic E-state index is 0.133. The molecule has 2 aromatic rings. The Balaban J connectivity index is 1.62. The summed E-state index contributed by atoms with van der Waals surface area (Å²) in [6, 6.07) is 10.1. The van der Waals surface area contributed by atoms with E-state index in [1.807, 2.05) is 43.5 Å². The Morgan fingerprint density at radius 3 is 2.85 bits per heavy atom. The molecule has 0 saturated heterocycles.